The van der Waals surface area contributed by atoms with Crippen LogP contribution in [-0.4, -0.2) is 25.9 Å². The Morgan fingerprint density at radius 3 is 2.00 bits per heavy atom. The van der Waals surface area contributed by atoms with Gasteiger partial charge >= 0.3 is 0 Å². The number of fused-ring (bicyclic) bond motifs is 1. The molecule has 0 saturated carbocycles. The van der Waals surface area contributed by atoms with Crippen LogP contribution in [0.1, 0.15) is 16.7 Å². The fourth-order valence-corrected chi connectivity index (χ4v) is 6.79. The summed E-state index contributed by atoms with van der Waals surface area (Å²) in [5, 5.41) is 14.2. The van der Waals surface area contributed by atoms with E-state index in [1.54, 1.807) is 14.2 Å². The maximum atomic E-state index is 11.2. The highest BCUT2D eigenvalue weighted by Crippen LogP contribution is 2.47. The fraction of sp³-hybridized carbons (Fsp3) is 0.250. The minimum absolute atomic E-state index is 0.224. The van der Waals surface area contributed by atoms with Crippen LogP contribution in [0.5, 0.6) is 23.0 Å². The highest BCUT2D eigenvalue weighted by atomic mass is 31.1. The molecule has 0 spiro atoms. The Labute approximate surface area is 172 Å². The first-order chi connectivity index (χ1) is 14.1. The van der Waals surface area contributed by atoms with E-state index >= 15 is 0 Å². The first-order valence-corrected chi connectivity index (χ1v) is 11.0. The second kappa shape index (κ2) is 7.96. The molecule has 0 bridgehead atoms. The van der Waals surface area contributed by atoms with E-state index in [0.29, 0.717) is 12.4 Å². The van der Waals surface area contributed by atoms with Crippen LogP contribution in [0.3, 0.4) is 0 Å². The fourth-order valence-electron chi connectivity index (χ4n) is 3.92. The van der Waals surface area contributed by atoms with Crippen molar-refractivity contribution in [1.29, 1.82) is 0 Å². The van der Waals surface area contributed by atoms with E-state index in [0.717, 1.165) is 50.5 Å². The standard InChI is InChI=1S/C24H25O4P/c1-15-7-5-9-18(26-3)23(15)29(24-16(2)8-6-10-19(24)27-4)20-12-11-17-13-14-28-22(17)21(20)25/h5-12,25H,13-14H2,1-4H3. The summed E-state index contributed by atoms with van der Waals surface area (Å²) in [7, 11) is 2.23. The smallest absolute Gasteiger partial charge is 0.166 e. The van der Waals surface area contributed by atoms with Gasteiger partial charge in [0.25, 0.3) is 0 Å². The van der Waals surface area contributed by atoms with E-state index < -0.39 is 7.92 Å². The Hall–Kier alpha value is -2.71. The molecule has 3 aromatic rings. The third kappa shape index (κ3) is 3.32. The van der Waals surface area contributed by atoms with Gasteiger partial charge in [-0.3, -0.25) is 0 Å². The lowest BCUT2D eigenvalue weighted by molar-refractivity contribution is 0.336. The molecule has 0 radical (unpaired) electrons. The molecule has 0 aromatic heterocycles. The maximum Gasteiger partial charge on any atom is 0.166 e. The average molecular weight is 408 g/mol. The zero-order valence-corrected chi connectivity index (χ0v) is 18.0. The van der Waals surface area contributed by atoms with Crippen LogP contribution in [0.25, 0.3) is 0 Å². The quantitative estimate of drug-likeness (QED) is 0.654. The molecular formula is C24H25O4P. The summed E-state index contributed by atoms with van der Waals surface area (Å²) in [6, 6.07) is 16.2. The van der Waals surface area contributed by atoms with E-state index in [-0.39, 0.29) is 5.75 Å². The highest BCUT2D eigenvalue weighted by Gasteiger charge is 2.31. The highest BCUT2D eigenvalue weighted by molar-refractivity contribution is 7.80. The lowest BCUT2D eigenvalue weighted by atomic mass is 10.1. The molecule has 150 valence electrons. The van der Waals surface area contributed by atoms with Gasteiger partial charge in [-0.2, -0.15) is 0 Å². The van der Waals surface area contributed by atoms with E-state index in [1.165, 1.54) is 0 Å². The summed E-state index contributed by atoms with van der Waals surface area (Å²) in [4.78, 5) is 0. The molecule has 1 aliphatic rings. The van der Waals surface area contributed by atoms with E-state index in [1.807, 2.05) is 30.3 Å². The van der Waals surface area contributed by atoms with Crippen molar-refractivity contribution in [2.75, 3.05) is 20.8 Å². The Morgan fingerprint density at radius 1 is 0.862 bits per heavy atom. The van der Waals surface area contributed by atoms with Gasteiger partial charge in [-0.15, -0.1) is 0 Å². The summed E-state index contributed by atoms with van der Waals surface area (Å²) in [6.45, 7) is 4.77. The lowest BCUT2D eigenvalue weighted by Crippen LogP contribution is -2.26. The van der Waals surface area contributed by atoms with Gasteiger partial charge in [-0.25, -0.2) is 0 Å². The summed E-state index contributed by atoms with van der Waals surface area (Å²) in [5.41, 5.74) is 3.28. The number of aromatic hydroxyl groups is 1. The molecule has 29 heavy (non-hydrogen) atoms. The van der Waals surface area contributed by atoms with E-state index in [9.17, 15) is 5.11 Å². The van der Waals surface area contributed by atoms with Crippen LogP contribution >= 0.6 is 7.92 Å². The van der Waals surface area contributed by atoms with Crippen LogP contribution in [0, 0.1) is 13.8 Å². The largest absolute Gasteiger partial charge is 0.504 e. The molecule has 0 amide bonds. The molecule has 5 heteroatoms. The van der Waals surface area contributed by atoms with Crippen molar-refractivity contribution in [2.45, 2.75) is 20.3 Å². The second-order valence-electron chi connectivity index (χ2n) is 7.11. The summed E-state index contributed by atoms with van der Waals surface area (Å²) >= 11 is 0. The van der Waals surface area contributed by atoms with Crippen molar-refractivity contribution in [1.82, 2.24) is 0 Å². The SMILES string of the molecule is COc1cccc(C)c1P(c1ccc2c(c1O)OCC2)c1c(C)cccc1OC. The first-order valence-electron chi connectivity index (χ1n) is 9.61. The molecule has 0 atom stereocenters. The molecule has 1 aliphatic heterocycles. The Balaban J connectivity index is 2.06. The van der Waals surface area contributed by atoms with Crippen LogP contribution in [-0.2, 0) is 6.42 Å². The number of hydrogen-bond acceptors (Lipinski definition) is 4. The monoisotopic (exact) mass is 408 g/mol. The predicted octanol–water partition coefficient (Wildman–Crippen LogP) is 3.72. The molecule has 1 heterocycles. The molecule has 1 N–H and O–H groups in total. The van der Waals surface area contributed by atoms with Crippen LogP contribution < -0.4 is 30.1 Å². The molecule has 0 aliphatic carbocycles. The van der Waals surface area contributed by atoms with Crippen molar-refractivity contribution >= 4 is 23.8 Å². The predicted molar refractivity (Wildman–Crippen MR) is 119 cm³/mol. The van der Waals surface area contributed by atoms with Gasteiger partial charge in [0.2, 0.25) is 0 Å². The number of aryl methyl sites for hydroxylation is 2. The second-order valence-corrected chi connectivity index (χ2v) is 9.15. The molecular weight excluding hydrogens is 383 g/mol. The van der Waals surface area contributed by atoms with Gasteiger partial charge in [0.05, 0.1) is 20.8 Å². The number of phenols is 1. The van der Waals surface area contributed by atoms with Gasteiger partial charge < -0.3 is 19.3 Å². The minimum atomic E-state index is -1.15. The normalized spacial score (nSPS) is 12.6. The maximum absolute atomic E-state index is 11.2. The lowest BCUT2D eigenvalue weighted by Gasteiger charge is -2.27. The number of methoxy groups -OCH3 is 2. The number of rotatable bonds is 5. The Kier molecular flexibility index (Phi) is 5.38. The molecule has 4 rings (SSSR count). The van der Waals surface area contributed by atoms with Gasteiger partial charge in [-0.1, -0.05) is 30.3 Å². The van der Waals surface area contributed by atoms with Gasteiger partial charge in [-0.05, 0) is 51.1 Å². The average Bonchev–Trinajstić information content (AvgIpc) is 3.21. The minimum Gasteiger partial charge on any atom is -0.504 e. The van der Waals surface area contributed by atoms with Crippen molar-refractivity contribution in [2.24, 2.45) is 0 Å². The number of hydrogen-bond donors (Lipinski definition) is 1. The Bertz CT molecular complexity index is 1010. The molecule has 0 fully saturated rings. The van der Waals surface area contributed by atoms with Gasteiger partial charge in [0.15, 0.2) is 11.5 Å². The van der Waals surface area contributed by atoms with Crippen LogP contribution in [0.4, 0.5) is 0 Å². The molecule has 0 saturated heterocycles. The zero-order valence-electron chi connectivity index (χ0n) is 17.2. The van der Waals surface area contributed by atoms with Gasteiger partial charge in [0.1, 0.15) is 11.5 Å². The first kappa shape index (κ1) is 19.6. The van der Waals surface area contributed by atoms with E-state index in [4.69, 9.17) is 14.2 Å². The molecule has 0 unspecified atom stereocenters. The van der Waals surface area contributed by atoms with Gasteiger partial charge in [0, 0.05) is 27.9 Å². The third-order valence-corrected chi connectivity index (χ3v) is 8.22. The zero-order chi connectivity index (χ0) is 20.5. The van der Waals surface area contributed by atoms with Crippen molar-refractivity contribution in [3.63, 3.8) is 0 Å². The molecule has 4 nitrogen and oxygen atoms in total. The number of benzene rings is 3. The van der Waals surface area contributed by atoms with Crippen molar-refractivity contribution in [3.05, 3.63) is 65.2 Å². The van der Waals surface area contributed by atoms with E-state index in [2.05, 4.69) is 32.0 Å². The van der Waals surface area contributed by atoms with Crippen LogP contribution in [0.2, 0.25) is 0 Å². The van der Waals surface area contributed by atoms with Crippen molar-refractivity contribution in [3.8, 4) is 23.0 Å². The number of ether oxygens (including phenoxy) is 3. The van der Waals surface area contributed by atoms with Crippen molar-refractivity contribution < 1.29 is 19.3 Å². The topological polar surface area (TPSA) is 47.9 Å². The van der Waals surface area contributed by atoms with Crippen LogP contribution in [0.15, 0.2) is 48.5 Å². The molecule has 3 aromatic carbocycles. The summed E-state index contributed by atoms with van der Waals surface area (Å²) in [6.07, 6.45) is 0.822. The number of phenolic OH excluding ortho intramolecular Hbond substituents is 1. The Morgan fingerprint density at radius 2 is 1.45 bits per heavy atom. The third-order valence-electron chi connectivity index (χ3n) is 5.34. The summed E-state index contributed by atoms with van der Waals surface area (Å²) in [5.74, 6) is 2.45. The summed E-state index contributed by atoms with van der Waals surface area (Å²) < 4.78 is 17.3.